The van der Waals surface area contributed by atoms with E-state index in [0.29, 0.717) is 21.5 Å². The van der Waals surface area contributed by atoms with E-state index in [0.717, 1.165) is 5.56 Å². The zero-order chi connectivity index (χ0) is 13.1. The largest absolute Gasteiger partial charge is 0.456 e. The Kier molecular flexibility index (Phi) is 4.12. The molecule has 0 aliphatic carbocycles. The summed E-state index contributed by atoms with van der Waals surface area (Å²) in [5.74, 6) is 1.24. The van der Waals surface area contributed by atoms with Gasteiger partial charge in [-0.25, -0.2) is 0 Å². The molecule has 0 aromatic heterocycles. The summed E-state index contributed by atoms with van der Waals surface area (Å²) >= 11 is 12.0. The second kappa shape index (κ2) is 5.61. The average Bonchev–Trinajstić information content (AvgIpc) is 2.36. The molecule has 0 bridgehead atoms. The first-order valence-corrected chi connectivity index (χ1v) is 6.31. The molecule has 0 aliphatic rings. The van der Waals surface area contributed by atoms with Gasteiger partial charge in [0.15, 0.2) is 0 Å². The Labute approximate surface area is 116 Å². The summed E-state index contributed by atoms with van der Waals surface area (Å²) in [7, 11) is 0. The van der Waals surface area contributed by atoms with E-state index >= 15 is 0 Å². The van der Waals surface area contributed by atoms with Crippen molar-refractivity contribution in [1.82, 2.24) is 0 Å². The van der Waals surface area contributed by atoms with Gasteiger partial charge in [-0.2, -0.15) is 0 Å². The summed E-state index contributed by atoms with van der Waals surface area (Å²) in [6, 6.07) is 12.9. The highest BCUT2D eigenvalue weighted by atomic mass is 35.5. The molecule has 2 N–H and O–H groups in total. The molecule has 0 saturated heterocycles. The predicted molar refractivity (Wildman–Crippen MR) is 75.6 cm³/mol. The molecule has 0 radical (unpaired) electrons. The lowest BCUT2D eigenvalue weighted by Gasteiger charge is -2.10. The van der Waals surface area contributed by atoms with Crippen LogP contribution in [-0.2, 0) is 0 Å². The van der Waals surface area contributed by atoms with E-state index in [1.807, 2.05) is 31.2 Å². The molecule has 1 unspecified atom stereocenters. The first kappa shape index (κ1) is 13.2. The smallest absolute Gasteiger partial charge is 0.147 e. The molecule has 0 fully saturated rings. The van der Waals surface area contributed by atoms with Gasteiger partial charge in [0.2, 0.25) is 0 Å². The van der Waals surface area contributed by atoms with Gasteiger partial charge in [-0.05, 0) is 36.8 Å². The normalized spacial score (nSPS) is 12.2. The molecule has 1 atom stereocenters. The quantitative estimate of drug-likeness (QED) is 0.877. The first-order valence-electron chi connectivity index (χ1n) is 5.55. The number of ether oxygens (including phenoxy) is 1. The zero-order valence-electron chi connectivity index (χ0n) is 9.86. The molecule has 0 saturated carbocycles. The Hall–Kier alpha value is -1.22. The van der Waals surface area contributed by atoms with Gasteiger partial charge in [0, 0.05) is 6.04 Å². The van der Waals surface area contributed by atoms with Crippen molar-refractivity contribution < 1.29 is 4.74 Å². The maximum atomic E-state index is 6.05. The van der Waals surface area contributed by atoms with E-state index in [4.69, 9.17) is 33.7 Å². The molecule has 0 spiro atoms. The standard InChI is InChI=1S/C14H13Cl2NO/c1-9(17)10-5-7-11(8-6-10)18-13-4-2-3-12(15)14(13)16/h2-9H,17H2,1H3. The van der Waals surface area contributed by atoms with Crippen LogP contribution in [0.2, 0.25) is 10.0 Å². The van der Waals surface area contributed by atoms with Gasteiger partial charge >= 0.3 is 0 Å². The molecule has 0 heterocycles. The summed E-state index contributed by atoms with van der Waals surface area (Å²) in [6.07, 6.45) is 0. The van der Waals surface area contributed by atoms with E-state index in [2.05, 4.69) is 0 Å². The predicted octanol–water partition coefficient (Wildman–Crippen LogP) is 4.81. The van der Waals surface area contributed by atoms with Gasteiger partial charge < -0.3 is 10.5 Å². The van der Waals surface area contributed by atoms with Crippen LogP contribution in [0, 0.1) is 0 Å². The van der Waals surface area contributed by atoms with Gasteiger partial charge in [-0.3, -0.25) is 0 Å². The number of hydrogen-bond acceptors (Lipinski definition) is 2. The van der Waals surface area contributed by atoms with E-state index in [-0.39, 0.29) is 6.04 Å². The summed E-state index contributed by atoms with van der Waals surface area (Å²) in [5.41, 5.74) is 6.84. The fourth-order valence-electron chi connectivity index (χ4n) is 1.53. The van der Waals surface area contributed by atoms with Crippen LogP contribution in [0.4, 0.5) is 0 Å². The third-order valence-electron chi connectivity index (χ3n) is 2.55. The number of halogens is 2. The Morgan fingerprint density at radius 3 is 2.33 bits per heavy atom. The number of nitrogens with two attached hydrogens (primary N) is 1. The van der Waals surface area contributed by atoms with Crippen LogP contribution in [0.25, 0.3) is 0 Å². The third-order valence-corrected chi connectivity index (χ3v) is 3.35. The van der Waals surface area contributed by atoms with Crippen LogP contribution < -0.4 is 10.5 Å². The maximum Gasteiger partial charge on any atom is 0.147 e. The van der Waals surface area contributed by atoms with Crippen molar-refractivity contribution in [1.29, 1.82) is 0 Å². The minimum atomic E-state index is 0.00816. The molecule has 94 valence electrons. The molecule has 4 heteroatoms. The Balaban J connectivity index is 2.21. The topological polar surface area (TPSA) is 35.2 Å². The van der Waals surface area contributed by atoms with E-state index < -0.39 is 0 Å². The van der Waals surface area contributed by atoms with Crippen LogP contribution in [0.15, 0.2) is 42.5 Å². The summed E-state index contributed by atoms with van der Waals surface area (Å²) < 4.78 is 5.67. The highest BCUT2D eigenvalue weighted by molar-refractivity contribution is 6.42. The van der Waals surface area contributed by atoms with E-state index in [1.54, 1.807) is 18.2 Å². The van der Waals surface area contributed by atoms with Crippen molar-refractivity contribution in [3.05, 3.63) is 58.1 Å². The lowest BCUT2D eigenvalue weighted by atomic mass is 10.1. The summed E-state index contributed by atoms with van der Waals surface area (Å²) in [5, 5.41) is 0.886. The minimum Gasteiger partial charge on any atom is -0.456 e. The van der Waals surface area contributed by atoms with E-state index in [1.165, 1.54) is 0 Å². The van der Waals surface area contributed by atoms with Crippen molar-refractivity contribution in [3.8, 4) is 11.5 Å². The average molecular weight is 282 g/mol. The van der Waals surface area contributed by atoms with Gasteiger partial charge in [-0.1, -0.05) is 41.4 Å². The molecular formula is C14H13Cl2NO. The van der Waals surface area contributed by atoms with Crippen LogP contribution in [0.1, 0.15) is 18.5 Å². The molecule has 0 aliphatic heterocycles. The second-order valence-corrected chi connectivity index (χ2v) is 4.80. The number of benzene rings is 2. The highest BCUT2D eigenvalue weighted by Gasteiger charge is 2.07. The molecule has 2 nitrogen and oxygen atoms in total. The number of hydrogen-bond donors (Lipinski definition) is 1. The molecular weight excluding hydrogens is 269 g/mol. The lowest BCUT2D eigenvalue weighted by molar-refractivity contribution is 0.482. The van der Waals surface area contributed by atoms with Crippen molar-refractivity contribution >= 4 is 23.2 Å². The van der Waals surface area contributed by atoms with Gasteiger partial charge in [0.1, 0.15) is 16.5 Å². The Bertz CT molecular complexity index is 538. The molecule has 2 aromatic rings. The fourth-order valence-corrected chi connectivity index (χ4v) is 1.86. The monoisotopic (exact) mass is 281 g/mol. The van der Waals surface area contributed by atoms with Gasteiger partial charge in [0.25, 0.3) is 0 Å². The molecule has 2 rings (SSSR count). The van der Waals surface area contributed by atoms with Crippen molar-refractivity contribution in [3.63, 3.8) is 0 Å². The van der Waals surface area contributed by atoms with Crippen LogP contribution in [-0.4, -0.2) is 0 Å². The van der Waals surface area contributed by atoms with Gasteiger partial charge in [-0.15, -0.1) is 0 Å². The number of rotatable bonds is 3. The molecule has 18 heavy (non-hydrogen) atoms. The van der Waals surface area contributed by atoms with Crippen LogP contribution in [0.5, 0.6) is 11.5 Å². The first-order chi connectivity index (χ1) is 8.58. The van der Waals surface area contributed by atoms with Crippen molar-refractivity contribution in [2.45, 2.75) is 13.0 Å². The van der Waals surface area contributed by atoms with E-state index in [9.17, 15) is 0 Å². The SMILES string of the molecule is CC(N)c1ccc(Oc2cccc(Cl)c2Cl)cc1. The minimum absolute atomic E-state index is 0.00816. The fraction of sp³-hybridized carbons (Fsp3) is 0.143. The van der Waals surface area contributed by atoms with Gasteiger partial charge in [0.05, 0.1) is 5.02 Å². The molecule has 0 amide bonds. The zero-order valence-corrected chi connectivity index (χ0v) is 11.4. The summed E-state index contributed by atoms with van der Waals surface area (Å²) in [4.78, 5) is 0. The third kappa shape index (κ3) is 2.96. The van der Waals surface area contributed by atoms with Crippen LogP contribution in [0.3, 0.4) is 0 Å². The maximum absolute atomic E-state index is 6.05. The van der Waals surface area contributed by atoms with Crippen molar-refractivity contribution in [2.75, 3.05) is 0 Å². The Morgan fingerprint density at radius 1 is 1.06 bits per heavy atom. The van der Waals surface area contributed by atoms with Crippen molar-refractivity contribution in [2.24, 2.45) is 5.73 Å². The summed E-state index contributed by atoms with van der Waals surface area (Å²) in [6.45, 7) is 1.93. The van der Waals surface area contributed by atoms with Crippen LogP contribution >= 0.6 is 23.2 Å². The highest BCUT2D eigenvalue weighted by Crippen LogP contribution is 2.34. The Morgan fingerprint density at radius 2 is 1.72 bits per heavy atom. The lowest BCUT2D eigenvalue weighted by Crippen LogP contribution is -2.04. The second-order valence-electron chi connectivity index (χ2n) is 4.01. The molecule has 2 aromatic carbocycles.